The summed E-state index contributed by atoms with van der Waals surface area (Å²) < 4.78 is 0. The molecule has 1 aromatic carbocycles. The van der Waals surface area contributed by atoms with Gasteiger partial charge in [-0.3, -0.25) is 9.59 Å². The van der Waals surface area contributed by atoms with Crippen LogP contribution in [0.1, 0.15) is 25.8 Å². The maximum atomic E-state index is 12.1. The second-order valence-corrected chi connectivity index (χ2v) is 5.89. The lowest BCUT2D eigenvalue weighted by atomic mass is 9.92. The third-order valence-corrected chi connectivity index (χ3v) is 3.40. The monoisotopic (exact) mass is 292 g/mol. The highest BCUT2D eigenvalue weighted by molar-refractivity contribution is 6.00. The first-order chi connectivity index (χ1) is 9.75. The van der Waals surface area contributed by atoms with Crippen LogP contribution in [0.5, 0.6) is 0 Å². The molecule has 4 N–H and O–H groups in total. The number of hydrogen-bond donors (Lipinski definition) is 4. The Morgan fingerprint density at radius 1 is 1.00 bits per heavy atom. The molecule has 1 aliphatic heterocycles. The van der Waals surface area contributed by atoms with Gasteiger partial charge in [-0.1, -0.05) is 44.2 Å². The van der Waals surface area contributed by atoms with Crippen molar-refractivity contribution in [1.82, 2.24) is 10.6 Å². The van der Waals surface area contributed by atoms with Crippen LogP contribution in [0, 0.1) is 5.92 Å². The largest absolute Gasteiger partial charge is 0.363 e. The summed E-state index contributed by atoms with van der Waals surface area (Å²) in [5, 5.41) is 25.1. The lowest BCUT2D eigenvalue weighted by Crippen LogP contribution is -2.76. The van der Waals surface area contributed by atoms with Gasteiger partial charge in [0.05, 0.1) is 0 Å². The summed E-state index contributed by atoms with van der Waals surface area (Å²) in [6.07, 6.45) is 0.00909. The molecule has 1 heterocycles. The number of benzene rings is 1. The molecule has 114 valence electrons. The molecule has 1 fully saturated rings. The van der Waals surface area contributed by atoms with Crippen LogP contribution in [0.2, 0.25) is 0 Å². The van der Waals surface area contributed by atoms with Crippen molar-refractivity contribution >= 4 is 11.8 Å². The van der Waals surface area contributed by atoms with E-state index >= 15 is 0 Å². The molecular weight excluding hydrogens is 272 g/mol. The standard InChI is InChI=1S/C15H20N2O4/c1-10(2)8-14(20)12(18)17-15(21,13(19)16-14)9-11-6-4-3-5-7-11/h3-7,10,20-21H,8-9H2,1-2H3,(H,16,19)(H,17,18)/t14-,15-/m0/s1. The Morgan fingerprint density at radius 2 is 1.52 bits per heavy atom. The minimum atomic E-state index is -2.05. The molecule has 0 spiro atoms. The molecular formula is C15H20N2O4. The molecule has 1 aliphatic rings. The first-order valence-electron chi connectivity index (χ1n) is 6.89. The molecule has 0 radical (unpaired) electrons. The maximum Gasteiger partial charge on any atom is 0.276 e. The number of carbonyl (C=O) groups is 2. The number of nitrogens with one attached hydrogen (secondary N) is 2. The van der Waals surface area contributed by atoms with E-state index in [1.807, 2.05) is 19.9 Å². The highest BCUT2D eigenvalue weighted by Gasteiger charge is 2.52. The zero-order chi connectivity index (χ0) is 15.7. The number of piperazine rings is 1. The lowest BCUT2D eigenvalue weighted by molar-refractivity contribution is -0.178. The highest BCUT2D eigenvalue weighted by Crippen LogP contribution is 2.22. The molecule has 21 heavy (non-hydrogen) atoms. The number of amides is 2. The Kier molecular flexibility index (Phi) is 4.02. The van der Waals surface area contributed by atoms with Crippen LogP contribution in [0.4, 0.5) is 0 Å². The predicted molar refractivity (Wildman–Crippen MR) is 75.8 cm³/mol. The van der Waals surface area contributed by atoms with Crippen molar-refractivity contribution in [2.45, 2.75) is 38.1 Å². The van der Waals surface area contributed by atoms with E-state index in [9.17, 15) is 19.8 Å². The topological polar surface area (TPSA) is 98.7 Å². The summed E-state index contributed by atoms with van der Waals surface area (Å²) in [7, 11) is 0. The van der Waals surface area contributed by atoms with Gasteiger partial charge in [-0.05, 0) is 11.5 Å². The van der Waals surface area contributed by atoms with Gasteiger partial charge in [-0.2, -0.15) is 0 Å². The molecule has 0 aromatic heterocycles. The Hall–Kier alpha value is -1.92. The SMILES string of the molecule is CC(C)C[C@@]1(O)NC(=O)[C@@](O)(Cc2ccccc2)NC1=O. The normalized spacial score (nSPS) is 29.2. The summed E-state index contributed by atoms with van der Waals surface area (Å²) >= 11 is 0. The van der Waals surface area contributed by atoms with Crippen LogP contribution in [-0.4, -0.2) is 33.5 Å². The first kappa shape index (κ1) is 15.5. The molecule has 1 aromatic rings. The van der Waals surface area contributed by atoms with E-state index in [1.165, 1.54) is 0 Å². The Balaban J connectivity index is 2.18. The van der Waals surface area contributed by atoms with Crippen molar-refractivity contribution in [3.8, 4) is 0 Å². The van der Waals surface area contributed by atoms with E-state index in [1.54, 1.807) is 24.3 Å². The van der Waals surface area contributed by atoms with Crippen molar-refractivity contribution in [2.75, 3.05) is 0 Å². The first-order valence-corrected chi connectivity index (χ1v) is 6.89. The summed E-state index contributed by atoms with van der Waals surface area (Å²) in [6, 6.07) is 8.85. The summed E-state index contributed by atoms with van der Waals surface area (Å²) in [5.74, 6) is -1.61. The second-order valence-electron chi connectivity index (χ2n) is 5.89. The predicted octanol–water partition coefficient (Wildman–Crippen LogP) is -0.102. The Labute approximate surface area is 123 Å². The van der Waals surface area contributed by atoms with Crippen LogP contribution < -0.4 is 10.6 Å². The third kappa shape index (κ3) is 3.22. The van der Waals surface area contributed by atoms with Gasteiger partial charge in [0, 0.05) is 12.8 Å². The highest BCUT2D eigenvalue weighted by atomic mass is 16.4. The van der Waals surface area contributed by atoms with Gasteiger partial charge < -0.3 is 20.8 Å². The van der Waals surface area contributed by atoms with Crippen LogP contribution in [0.3, 0.4) is 0 Å². The molecule has 2 amide bonds. The van der Waals surface area contributed by atoms with Crippen molar-refractivity contribution in [2.24, 2.45) is 5.92 Å². The average molecular weight is 292 g/mol. The van der Waals surface area contributed by atoms with Gasteiger partial charge in [0.1, 0.15) is 0 Å². The molecule has 2 rings (SSSR count). The minimum Gasteiger partial charge on any atom is -0.363 e. The molecule has 0 unspecified atom stereocenters. The van der Waals surface area contributed by atoms with Gasteiger partial charge >= 0.3 is 0 Å². The fraction of sp³-hybridized carbons (Fsp3) is 0.467. The quantitative estimate of drug-likeness (QED) is 0.623. The van der Waals surface area contributed by atoms with Gasteiger partial charge in [0.2, 0.25) is 11.4 Å². The van der Waals surface area contributed by atoms with Gasteiger partial charge in [-0.15, -0.1) is 0 Å². The zero-order valence-electron chi connectivity index (χ0n) is 12.1. The van der Waals surface area contributed by atoms with E-state index < -0.39 is 23.3 Å². The molecule has 1 saturated heterocycles. The van der Waals surface area contributed by atoms with E-state index in [0.717, 1.165) is 0 Å². The number of hydrogen-bond acceptors (Lipinski definition) is 4. The van der Waals surface area contributed by atoms with Gasteiger partial charge in [0.15, 0.2) is 0 Å². The molecule has 6 heteroatoms. The molecule has 0 aliphatic carbocycles. The summed E-state index contributed by atoms with van der Waals surface area (Å²) in [4.78, 5) is 24.2. The summed E-state index contributed by atoms with van der Waals surface area (Å²) in [6.45, 7) is 3.64. The van der Waals surface area contributed by atoms with E-state index in [-0.39, 0.29) is 18.8 Å². The van der Waals surface area contributed by atoms with Crippen LogP contribution in [0.15, 0.2) is 30.3 Å². The van der Waals surface area contributed by atoms with E-state index in [4.69, 9.17) is 0 Å². The lowest BCUT2D eigenvalue weighted by Gasteiger charge is -2.41. The van der Waals surface area contributed by atoms with Crippen molar-refractivity contribution in [3.05, 3.63) is 35.9 Å². The zero-order valence-corrected chi connectivity index (χ0v) is 12.1. The van der Waals surface area contributed by atoms with Crippen LogP contribution in [0.25, 0.3) is 0 Å². The fourth-order valence-corrected chi connectivity index (χ4v) is 2.45. The minimum absolute atomic E-state index is 0.00126. The molecule has 0 saturated carbocycles. The van der Waals surface area contributed by atoms with Gasteiger partial charge in [0.25, 0.3) is 11.8 Å². The van der Waals surface area contributed by atoms with E-state index in [2.05, 4.69) is 10.6 Å². The maximum absolute atomic E-state index is 12.1. The second kappa shape index (κ2) is 5.46. The molecule has 2 atom stereocenters. The number of rotatable bonds is 4. The fourth-order valence-electron chi connectivity index (χ4n) is 2.45. The summed E-state index contributed by atoms with van der Waals surface area (Å²) in [5.41, 5.74) is -3.33. The molecule has 0 bridgehead atoms. The number of carbonyl (C=O) groups excluding carboxylic acids is 2. The smallest absolute Gasteiger partial charge is 0.276 e. The Morgan fingerprint density at radius 3 is 2.10 bits per heavy atom. The Bertz CT molecular complexity index is 546. The van der Waals surface area contributed by atoms with Crippen molar-refractivity contribution in [1.29, 1.82) is 0 Å². The average Bonchev–Trinajstić information content (AvgIpc) is 2.37. The molecule has 6 nitrogen and oxygen atoms in total. The van der Waals surface area contributed by atoms with Crippen molar-refractivity contribution < 1.29 is 19.8 Å². The van der Waals surface area contributed by atoms with Crippen LogP contribution >= 0.6 is 0 Å². The van der Waals surface area contributed by atoms with Gasteiger partial charge in [-0.25, -0.2) is 0 Å². The third-order valence-electron chi connectivity index (χ3n) is 3.40. The van der Waals surface area contributed by atoms with Crippen molar-refractivity contribution in [3.63, 3.8) is 0 Å². The number of aliphatic hydroxyl groups is 2. The van der Waals surface area contributed by atoms with E-state index in [0.29, 0.717) is 5.56 Å². The van der Waals surface area contributed by atoms with Crippen LogP contribution in [-0.2, 0) is 16.0 Å².